The average Bonchev–Trinajstić information content (AvgIpc) is 2.99. The van der Waals surface area contributed by atoms with E-state index in [9.17, 15) is 35.6 Å². The fraction of sp³-hybridized carbons (Fsp3) is 0.300. The molecular formula is C30H27F4N3O7S. The number of aromatic nitrogens is 1. The van der Waals surface area contributed by atoms with Gasteiger partial charge in [0.15, 0.2) is 17.5 Å². The van der Waals surface area contributed by atoms with E-state index in [4.69, 9.17) is 9.15 Å². The Morgan fingerprint density at radius 1 is 1.09 bits per heavy atom. The molecule has 15 heteroatoms. The lowest BCUT2D eigenvalue weighted by Crippen LogP contribution is -2.37. The number of alkyl halides is 3. The van der Waals surface area contributed by atoms with Crippen molar-refractivity contribution in [3.63, 3.8) is 0 Å². The zero-order valence-corrected chi connectivity index (χ0v) is 25.0. The summed E-state index contributed by atoms with van der Waals surface area (Å²) in [5.74, 6) is -1.32. The Balaban J connectivity index is 1.55. The summed E-state index contributed by atoms with van der Waals surface area (Å²) in [5.41, 5.74) is -3.92. The van der Waals surface area contributed by atoms with Crippen LogP contribution in [0.4, 0.5) is 29.1 Å². The van der Waals surface area contributed by atoms with Crippen molar-refractivity contribution in [2.75, 3.05) is 36.5 Å². The smallest absolute Gasteiger partial charge is 0.440 e. The third kappa shape index (κ3) is 6.35. The fourth-order valence-electron chi connectivity index (χ4n) is 5.06. The molecule has 45 heavy (non-hydrogen) atoms. The minimum atomic E-state index is -6.05. The molecular weight excluding hydrogens is 622 g/mol. The summed E-state index contributed by atoms with van der Waals surface area (Å²) in [7, 11) is -6.05. The third-order valence-electron chi connectivity index (χ3n) is 7.26. The number of rotatable bonds is 8. The van der Waals surface area contributed by atoms with Crippen LogP contribution in [0.3, 0.4) is 0 Å². The molecule has 0 amide bonds. The van der Waals surface area contributed by atoms with Crippen molar-refractivity contribution in [3.05, 3.63) is 80.9 Å². The summed E-state index contributed by atoms with van der Waals surface area (Å²) in [6, 6.07) is 8.50. The van der Waals surface area contributed by atoms with E-state index in [0.29, 0.717) is 54.3 Å². The number of fused-ring (bicyclic) bond motifs is 1. The normalized spacial score (nSPS) is 14.8. The van der Waals surface area contributed by atoms with Gasteiger partial charge in [-0.25, -0.2) is 4.98 Å². The number of aryl methyl sites for hydroxylation is 1. The second-order valence-electron chi connectivity index (χ2n) is 10.4. The van der Waals surface area contributed by atoms with E-state index in [2.05, 4.69) is 14.5 Å². The van der Waals surface area contributed by atoms with Gasteiger partial charge in [0.25, 0.3) is 0 Å². The Labute approximate surface area is 254 Å². The molecule has 238 valence electrons. The molecule has 0 spiro atoms. The highest BCUT2D eigenvalue weighted by Gasteiger charge is 2.48. The van der Waals surface area contributed by atoms with Crippen LogP contribution < -0.4 is 19.8 Å². The van der Waals surface area contributed by atoms with Gasteiger partial charge in [-0.2, -0.15) is 26.0 Å². The number of nitrogens with one attached hydrogen (secondary N) is 1. The standard InChI is InChI=1S/C30H27F4N3O7S/c1-16-12-21(28-22(13-16)27(39)17(2)29(43-28)37-8-10-42-11-9-37)18(3)35-23-5-7-25(31)36-26(23)19-4-6-24(20(14-19)15-38)44-45(40,41)30(32,33)34/h4-7,12-15,18,35H,8-11H2,1-3H3. The monoisotopic (exact) mass is 649 g/mol. The highest BCUT2D eigenvalue weighted by molar-refractivity contribution is 7.88. The van der Waals surface area contributed by atoms with Gasteiger partial charge in [0.2, 0.25) is 11.8 Å². The molecule has 1 aliphatic rings. The van der Waals surface area contributed by atoms with Crippen LogP contribution in [0.2, 0.25) is 0 Å². The van der Waals surface area contributed by atoms with Gasteiger partial charge in [0, 0.05) is 24.2 Å². The minimum Gasteiger partial charge on any atom is -0.440 e. The predicted molar refractivity (Wildman–Crippen MR) is 158 cm³/mol. The molecule has 1 fully saturated rings. The number of aldehydes is 1. The van der Waals surface area contributed by atoms with Gasteiger partial charge >= 0.3 is 15.6 Å². The molecule has 0 bridgehead atoms. The first kappa shape index (κ1) is 31.9. The molecule has 0 saturated carbocycles. The highest BCUT2D eigenvalue weighted by Crippen LogP contribution is 2.36. The number of hydrogen-bond donors (Lipinski definition) is 1. The van der Waals surface area contributed by atoms with Crippen molar-refractivity contribution in [2.45, 2.75) is 32.3 Å². The zero-order valence-electron chi connectivity index (χ0n) is 24.2. The number of hydrogen-bond acceptors (Lipinski definition) is 10. The number of benzene rings is 2. The molecule has 0 aliphatic carbocycles. The predicted octanol–water partition coefficient (Wildman–Crippen LogP) is 5.66. The lowest BCUT2D eigenvalue weighted by atomic mass is 9.99. The lowest BCUT2D eigenvalue weighted by Gasteiger charge is -2.29. The number of morpholine rings is 1. The maximum absolute atomic E-state index is 14.4. The fourth-order valence-corrected chi connectivity index (χ4v) is 5.54. The van der Waals surface area contributed by atoms with Crippen molar-refractivity contribution < 1.29 is 44.1 Å². The molecule has 5 rings (SSSR count). The molecule has 1 atom stereocenters. The van der Waals surface area contributed by atoms with Crippen LogP contribution in [0.1, 0.15) is 40.0 Å². The summed E-state index contributed by atoms with van der Waals surface area (Å²) in [4.78, 5) is 31.0. The van der Waals surface area contributed by atoms with E-state index in [1.54, 1.807) is 19.9 Å². The number of nitrogens with zero attached hydrogens (tertiary/aromatic N) is 2. The van der Waals surface area contributed by atoms with Crippen LogP contribution in [-0.2, 0) is 14.9 Å². The van der Waals surface area contributed by atoms with E-state index < -0.39 is 38.9 Å². The molecule has 1 aliphatic heterocycles. The largest absolute Gasteiger partial charge is 0.534 e. The highest BCUT2D eigenvalue weighted by atomic mass is 32.2. The Morgan fingerprint density at radius 2 is 1.80 bits per heavy atom. The van der Waals surface area contributed by atoms with E-state index in [1.165, 1.54) is 6.07 Å². The van der Waals surface area contributed by atoms with Crippen molar-refractivity contribution in [1.82, 2.24) is 4.98 Å². The van der Waals surface area contributed by atoms with Gasteiger partial charge in [-0.1, -0.05) is 6.07 Å². The molecule has 10 nitrogen and oxygen atoms in total. The summed E-state index contributed by atoms with van der Waals surface area (Å²) >= 11 is 0. The first-order valence-electron chi connectivity index (χ1n) is 13.6. The van der Waals surface area contributed by atoms with Crippen molar-refractivity contribution >= 4 is 38.9 Å². The van der Waals surface area contributed by atoms with Crippen LogP contribution in [0.5, 0.6) is 5.75 Å². The Kier molecular flexibility index (Phi) is 8.60. The Hall–Kier alpha value is -4.50. The van der Waals surface area contributed by atoms with E-state index in [0.717, 1.165) is 29.8 Å². The number of halogens is 4. The molecule has 1 N–H and O–H groups in total. The first-order chi connectivity index (χ1) is 21.2. The number of anilines is 2. The minimum absolute atomic E-state index is 0.0292. The molecule has 1 saturated heterocycles. The maximum Gasteiger partial charge on any atom is 0.534 e. The van der Waals surface area contributed by atoms with Crippen LogP contribution in [0.25, 0.3) is 22.2 Å². The van der Waals surface area contributed by atoms with Crippen molar-refractivity contribution in [3.8, 4) is 17.0 Å². The second-order valence-corrected chi connectivity index (χ2v) is 12.0. The lowest BCUT2D eigenvalue weighted by molar-refractivity contribution is -0.0500. The van der Waals surface area contributed by atoms with Gasteiger partial charge in [-0.05, 0) is 62.7 Å². The molecule has 1 unspecified atom stereocenters. The van der Waals surface area contributed by atoms with Gasteiger partial charge in [0.05, 0.1) is 47.2 Å². The molecule has 2 aromatic carbocycles. The SMILES string of the molecule is Cc1cc(C(C)Nc2ccc(F)nc2-c2ccc(OS(=O)(=O)C(F)(F)F)c(C=O)c2)c2oc(N3CCOCC3)c(C)c(=O)c2c1. The number of pyridine rings is 1. The summed E-state index contributed by atoms with van der Waals surface area (Å²) in [5, 5.41) is 3.61. The number of ether oxygens (including phenoxy) is 1. The first-order valence-corrected chi connectivity index (χ1v) is 15.0. The van der Waals surface area contributed by atoms with Crippen LogP contribution in [-0.4, -0.2) is 51.5 Å². The summed E-state index contributed by atoms with van der Waals surface area (Å²) in [6.45, 7) is 7.38. The average molecular weight is 650 g/mol. The van der Waals surface area contributed by atoms with E-state index >= 15 is 0 Å². The Morgan fingerprint density at radius 3 is 2.47 bits per heavy atom. The van der Waals surface area contributed by atoms with Crippen molar-refractivity contribution in [1.29, 1.82) is 0 Å². The third-order valence-corrected chi connectivity index (χ3v) is 8.22. The van der Waals surface area contributed by atoms with Crippen LogP contribution >= 0.6 is 0 Å². The molecule has 2 aromatic heterocycles. The van der Waals surface area contributed by atoms with Crippen LogP contribution in [0, 0.1) is 19.8 Å². The van der Waals surface area contributed by atoms with Gasteiger partial charge < -0.3 is 23.6 Å². The maximum atomic E-state index is 14.4. The number of carbonyl (C=O) groups is 1. The van der Waals surface area contributed by atoms with E-state index in [1.807, 2.05) is 17.9 Å². The zero-order chi connectivity index (χ0) is 32.7. The quantitative estimate of drug-likeness (QED) is 0.0840. The molecule has 4 aromatic rings. The topological polar surface area (TPSA) is 128 Å². The summed E-state index contributed by atoms with van der Waals surface area (Å²) < 4.78 is 91.8. The van der Waals surface area contributed by atoms with E-state index in [-0.39, 0.29) is 28.7 Å². The summed E-state index contributed by atoms with van der Waals surface area (Å²) in [6.07, 6.45) is 0.106. The molecule has 3 heterocycles. The van der Waals surface area contributed by atoms with Crippen molar-refractivity contribution in [2.24, 2.45) is 0 Å². The van der Waals surface area contributed by atoms with Gasteiger partial charge in [0.1, 0.15) is 5.58 Å². The van der Waals surface area contributed by atoms with Gasteiger partial charge in [-0.15, -0.1) is 0 Å². The number of carbonyl (C=O) groups excluding carboxylic acids is 1. The van der Waals surface area contributed by atoms with Gasteiger partial charge in [-0.3, -0.25) is 9.59 Å². The molecule has 0 radical (unpaired) electrons. The Bertz CT molecular complexity index is 1960. The second kappa shape index (κ2) is 12.1. The van der Waals surface area contributed by atoms with Crippen LogP contribution in [0.15, 0.2) is 51.7 Å².